The Morgan fingerprint density at radius 1 is 1.19 bits per heavy atom. The molecule has 144 valence electrons. The van der Waals surface area contributed by atoms with Crippen molar-refractivity contribution in [2.24, 2.45) is 5.10 Å². The summed E-state index contributed by atoms with van der Waals surface area (Å²) in [4.78, 5) is 11.8. The van der Waals surface area contributed by atoms with Gasteiger partial charge in [-0.05, 0) is 60.7 Å². The highest BCUT2D eigenvalue weighted by molar-refractivity contribution is 5.83. The second-order valence-electron chi connectivity index (χ2n) is 6.12. The molecule has 1 amide bonds. The van der Waals surface area contributed by atoms with E-state index in [2.05, 4.69) is 24.4 Å². The summed E-state index contributed by atoms with van der Waals surface area (Å²) in [6.07, 6.45) is 2.55. The van der Waals surface area contributed by atoms with Gasteiger partial charge in [-0.25, -0.2) is 5.43 Å². The number of hydrogen-bond acceptors (Lipinski definition) is 5. The summed E-state index contributed by atoms with van der Waals surface area (Å²) in [5, 5.41) is 13.6. The van der Waals surface area contributed by atoms with Crippen LogP contribution in [-0.2, 0) is 4.79 Å². The normalized spacial score (nSPS) is 12.0. The Bertz CT molecular complexity index is 772. The number of benzene rings is 2. The Labute approximate surface area is 159 Å². The van der Waals surface area contributed by atoms with Crippen LogP contribution >= 0.6 is 0 Å². The summed E-state index contributed by atoms with van der Waals surface area (Å²) in [7, 11) is 0. The van der Waals surface area contributed by atoms with E-state index < -0.39 is 0 Å². The van der Waals surface area contributed by atoms with E-state index in [9.17, 15) is 9.90 Å². The smallest absolute Gasteiger partial charge is 0.277 e. The molecule has 2 N–H and O–H groups in total. The van der Waals surface area contributed by atoms with E-state index >= 15 is 0 Å². The van der Waals surface area contributed by atoms with E-state index in [4.69, 9.17) is 9.47 Å². The van der Waals surface area contributed by atoms with Gasteiger partial charge in [0.1, 0.15) is 5.75 Å². The topological polar surface area (TPSA) is 80.2 Å². The molecule has 6 heteroatoms. The van der Waals surface area contributed by atoms with Gasteiger partial charge in [0.15, 0.2) is 18.1 Å². The van der Waals surface area contributed by atoms with Crippen LogP contribution in [0.25, 0.3) is 0 Å². The molecule has 0 unspecified atom stereocenters. The number of hydrogen-bond donors (Lipinski definition) is 2. The fourth-order valence-electron chi connectivity index (χ4n) is 2.37. The van der Waals surface area contributed by atoms with Crippen LogP contribution in [0.3, 0.4) is 0 Å². The first-order valence-electron chi connectivity index (χ1n) is 9.04. The van der Waals surface area contributed by atoms with Crippen LogP contribution in [0.15, 0.2) is 47.6 Å². The molecule has 0 bridgehead atoms. The average molecular weight is 370 g/mol. The maximum Gasteiger partial charge on any atom is 0.277 e. The van der Waals surface area contributed by atoms with Crippen LogP contribution < -0.4 is 14.9 Å². The Hall–Kier alpha value is -3.02. The quantitative estimate of drug-likeness (QED) is 0.519. The highest BCUT2D eigenvalue weighted by Gasteiger charge is 2.05. The Kier molecular flexibility index (Phi) is 7.67. The molecule has 0 aromatic heterocycles. The number of phenols is 1. The van der Waals surface area contributed by atoms with Gasteiger partial charge in [-0.1, -0.05) is 26.0 Å². The molecule has 0 aliphatic rings. The zero-order valence-corrected chi connectivity index (χ0v) is 15.9. The standard InChI is InChI=1S/C21H26N2O4/c1-4-15(3)17-7-9-18(10-8-17)27-14-21(25)23-22-13-16-6-11-19(24)20(12-16)26-5-2/h6-13,15,24H,4-5,14H2,1-3H3,(H,23,25)/b22-13-/t15-/m1/s1. The predicted octanol–water partition coefficient (Wildman–Crippen LogP) is 3.83. The van der Waals surface area contributed by atoms with Crippen molar-refractivity contribution in [3.05, 3.63) is 53.6 Å². The van der Waals surface area contributed by atoms with Crippen molar-refractivity contribution < 1.29 is 19.4 Å². The molecule has 0 aliphatic carbocycles. The van der Waals surface area contributed by atoms with Gasteiger partial charge in [-0.3, -0.25) is 4.79 Å². The lowest BCUT2D eigenvalue weighted by molar-refractivity contribution is -0.123. The van der Waals surface area contributed by atoms with E-state index in [1.807, 2.05) is 31.2 Å². The molecule has 0 radical (unpaired) electrons. The van der Waals surface area contributed by atoms with Gasteiger partial charge < -0.3 is 14.6 Å². The van der Waals surface area contributed by atoms with Crippen LogP contribution in [0.1, 0.15) is 44.2 Å². The minimum atomic E-state index is -0.360. The average Bonchev–Trinajstić information content (AvgIpc) is 2.68. The third kappa shape index (κ3) is 6.33. The molecule has 27 heavy (non-hydrogen) atoms. The number of rotatable bonds is 9. The predicted molar refractivity (Wildman–Crippen MR) is 106 cm³/mol. The molecule has 0 fully saturated rings. The largest absolute Gasteiger partial charge is 0.504 e. The second-order valence-corrected chi connectivity index (χ2v) is 6.12. The van der Waals surface area contributed by atoms with Crippen LogP contribution in [-0.4, -0.2) is 30.4 Å². The molecule has 0 saturated heterocycles. The van der Waals surface area contributed by atoms with E-state index in [1.54, 1.807) is 12.1 Å². The number of hydrazone groups is 1. The van der Waals surface area contributed by atoms with Crippen molar-refractivity contribution >= 4 is 12.1 Å². The first-order valence-corrected chi connectivity index (χ1v) is 9.04. The maximum atomic E-state index is 11.8. The van der Waals surface area contributed by atoms with Crippen LogP contribution in [0, 0.1) is 0 Å². The van der Waals surface area contributed by atoms with E-state index in [0.717, 1.165) is 6.42 Å². The first-order chi connectivity index (χ1) is 13.0. The second kappa shape index (κ2) is 10.2. The lowest BCUT2D eigenvalue weighted by Crippen LogP contribution is -2.24. The molecule has 0 aliphatic heterocycles. The van der Waals surface area contributed by atoms with Gasteiger partial charge in [0.05, 0.1) is 12.8 Å². The van der Waals surface area contributed by atoms with Crippen LogP contribution in [0.2, 0.25) is 0 Å². The minimum absolute atomic E-state index is 0.0609. The fourth-order valence-corrected chi connectivity index (χ4v) is 2.37. The Morgan fingerprint density at radius 2 is 1.93 bits per heavy atom. The van der Waals surface area contributed by atoms with E-state index in [1.165, 1.54) is 17.8 Å². The lowest BCUT2D eigenvalue weighted by Gasteiger charge is -2.10. The number of carbonyl (C=O) groups excluding carboxylic acids is 1. The molecular weight excluding hydrogens is 344 g/mol. The lowest BCUT2D eigenvalue weighted by atomic mass is 9.99. The Morgan fingerprint density at radius 3 is 2.59 bits per heavy atom. The van der Waals surface area contributed by atoms with Gasteiger partial charge in [0, 0.05) is 0 Å². The van der Waals surface area contributed by atoms with Crippen LogP contribution in [0.4, 0.5) is 0 Å². The summed E-state index contributed by atoms with van der Waals surface area (Å²) in [5.74, 6) is 1.21. The summed E-state index contributed by atoms with van der Waals surface area (Å²) < 4.78 is 10.8. The van der Waals surface area contributed by atoms with Crippen molar-refractivity contribution in [3.63, 3.8) is 0 Å². The number of phenolic OH excluding ortho intramolecular Hbond substituents is 1. The monoisotopic (exact) mass is 370 g/mol. The molecule has 0 heterocycles. The molecule has 2 aromatic carbocycles. The molecular formula is C21H26N2O4. The van der Waals surface area contributed by atoms with Crippen molar-refractivity contribution in [1.82, 2.24) is 5.43 Å². The zero-order chi connectivity index (χ0) is 19.6. The molecule has 2 rings (SSSR count). The minimum Gasteiger partial charge on any atom is -0.504 e. The molecule has 6 nitrogen and oxygen atoms in total. The number of ether oxygens (including phenoxy) is 2. The molecule has 1 atom stereocenters. The van der Waals surface area contributed by atoms with Crippen molar-refractivity contribution in [2.75, 3.05) is 13.2 Å². The highest BCUT2D eigenvalue weighted by Crippen LogP contribution is 2.26. The highest BCUT2D eigenvalue weighted by atomic mass is 16.5. The summed E-state index contributed by atoms with van der Waals surface area (Å²) in [5.41, 5.74) is 4.35. The number of aromatic hydroxyl groups is 1. The third-order valence-corrected chi connectivity index (χ3v) is 4.12. The number of nitrogens with one attached hydrogen (secondary N) is 1. The van der Waals surface area contributed by atoms with Crippen molar-refractivity contribution in [3.8, 4) is 17.2 Å². The van der Waals surface area contributed by atoms with Crippen molar-refractivity contribution in [2.45, 2.75) is 33.1 Å². The van der Waals surface area contributed by atoms with Gasteiger partial charge in [-0.15, -0.1) is 0 Å². The number of amides is 1. The fraction of sp³-hybridized carbons (Fsp3) is 0.333. The van der Waals surface area contributed by atoms with E-state index in [0.29, 0.717) is 29.6 Å². The number of nitrogens with zero attached hydrogens (tertiary/aromatic N) is 1. The van der Waals surface area contributed by atoms with Gasteiger partial charge in [0.25, 0.3) is 5.91 Å². The first kappa shape index (κ1) is 20.3. The van der Waals surface area contributed by atoms with Gasteiger partial charge in [0.2, 0.25) is 0 Å². The molecule has 2 aromatic rings. The summed E-state index contributed by atoms with van der Waals surface area (Å²) >= 11 is 0. The number of carbonyl (C=O) groups is 1. The molecule has 0 saturated carbocycles. The summed E-state index contributed by atoms with van der Waals surface area (Å²) in [6.45, 7) is 6.47. The van der Waals surface area contributed by atoms with Gasteiger partial charge in [-0.2, -0.15) is 5.10 Å². The van der Waals surface area contributed by atoms with Crippen LogP contribution in [0.5, 0.6) is 17.2 Å². The molecule has 0 spiro atoms. The van der Waals surface area contributed by atoms with Crippen molar-refractivity contribution in [1.29, 1.82) is 0 Å². The summed E-state index contributed by atoms with van der Waals surface area (Å²) in [6, 6.07) is 12.6. The third-order valence-electron chi connectivity index (χ3n) is 4.12. The van der Waals surface area contributed by atoms with E-state index in [-0.39, 0.29) is 18.3 Å². The SMILES string of the molecule is CCOc1cc(/C=N\NC(=O)COc2ccc([C@H](C)CC)cc2)ccc1O. The zero-order valence-electron chi connectivity index (χ0n) is 15.9. The maximum absolute atomic E-state index is 11.8. The van der Waals surface area contributed by atoms with Gasteiger partial charge >= 0.3 is 0 Å². The Balaban J connectivity index is 1.82.